The second kappa shape index (κ2) is 9.32. The average Bonchev–Trinajstić information content (AvgIpc) is 3.30. The van der Waals surface area contributed by atoms with Crippen molar-refractivity contribution in [3.05, 3.63) is 83.4 Å². The first-order valence-electron chi connectivity index (χ1n) is 12.4. The summed E-state index contributed by atoms with van der Waals surface area (Å²) in [5.74, 6) is -0.277. The van der Waals surface area contributed by atoms with Gasteiger partial charge in [0.1, 0.15) is 5.82 Å². The Morgan fingerprint density at radius 1 is 1.06 bits per heavy atom. The number of hydrogen-bond donors (Lipinski definition) is 1. The summed E-state index contributed by atoms with van der Waals surface area (Å²) in [6, 6.07) is 15.3. The quantitative estimate of drug-likeness (QED) is 0.528. The van der Waals surface area contributed by atoms with Gasteiger partial charge in [-0.3, -0.25) is 4.90 Å². The summed E-state index contributed by atoms with van der Waals surface area (Å²) >= 11 is 0. The zero-order chi connectivity index (χ0) is 24.8. The number of nitrogens with zero attached hydrogens (tertiary/aromatic N) is 4. The van der Waals surface area contributed by atoms with E-state index >= 15 is 0 Å². The zero-order valence-corrected chi connectivity index (χ0v) is 20.9. The van der Waals surface area contributed by atoms with Crippen LogP contribution in [0.15, 0.2) is 71.3 Å². The van der Waals surface area contributed by atoms with Gasteiger partial charge in [0.05, 0.1) is 43.9 Å². The minimum Gasteiger partial charge on any atom is -0.379 e. The third-order valence-corrected chi connectivity index (χ3v) is 9.52. The van der Waals surface area contributed by atoms with Gasteiger partial charge in [0, 0.05) is 25.0 Å². The molecule has 1 N–H and O–H groups in total. The number of aromatic nitrogens is 2. The van der Waals surface area contributed by atoms with Gasteiger partial charge in [-0.2, -0.15) is 9.65 Å². The molecule has 9 heteroatoms. The predicted molar refractivity (Wildman–Crippen MR) is 136 cm³/mol. The summed E-state index contributed by atoms with van der Waals surface area (Å²) in [7, 11) is -3.35. The van der Waals surface area contributed by atoms with Crippen molar-refractivity contribution < 1.29 is 17.9 Å². The highest BCUT2D eigenvalue weighted by Gasteiger charge is 2.51. The highest BCUT2D eigenvalue weighted by Crippen LogP contribution is 2.46. The lowest BCUT2D eigenvalue weighted by molar-refractivity contribution is 0.0149. The molecule has 2 aliphatic heterocycles. The van der Waals surface area contributed by atoms with Crippen LogP contribution in [-0.2, 0) is 25.8 Å². The third-order valence-electron chi connectivity index (χ3n) is 7.62. The molecule has 0 saturated carbocycles. The normalized spacial score (nSPS) is 24.4. The molecule has 2 fully saturated rings. The molecule has 0 bridgehead atoms. The first-order valence-corrected chi connectivity index (χ1v) is 13.8. The van der Waals surface area contributed by atoms with Gasteiger partial charge in [-0.15, -0.1) is 0 Å². The lowest BCUT2D eigenvalue weighted by atomic mass is 9.68. The topological polar surface area (TPSA) is 70.8 Å². The van der Waals surface area contributed by atoms with Crippen LogP contribution in [0.25, 0.3) is 11.8 Å². The third kappa shape index (κ3) is 4.25. The molecule has 2 saturated heterocycles. The lowest BCUT2D eigenvalue weighted by Crippen LogP contribution is -2.56. The molecule has 6 rings (SSSR count). The number of ether oxygens (including phenoxy) is 1. The van der Waals surface area contributed by atoms with E-state index in [0.717, 1.165) is 43.0 Å². The van der Waals surface area contributed by atoms with Crippen molar-refractivity contribution in [3.63, 3.8) is 0 Å². The Hall–Kier alpha value is -2.69. The van der Waals surface area contributed by atoms with Crippen LogP contribution < -0.4 is 0 Å². The average molecular weight is 510 g/mol. The Balaban J connectivity index is 1.37. The van der Waals surface area contributed by atoms with Gasteiger partial charge in [0.25, 0.3) is 0 Å². The summed E-state index contributed by atoms with van der Waals surface area (Å²) in [6.45, 7) is 4.89. The number of rotatable bonds is 5. The van der Waals surface area contributed by atoms with E-state index in [4.69, 9.17) is 4.74 Å². The maximum Gasteiger partial charge on any atom is 0.325 e. The fourth-order valence-corrected chi connectivity index (χ4v) is 7.35. The predicted octanol–water partition coefficient (Wildman–Crippen LogP) is 3.92. The molecule has 36 heavy (non-hydrogen) atoms. The smallest absolute Gasteiger partial charge is 0.325 e. The van der Waals surface area contributed by atoms with Crippen molar-refractivity contribution in [1.29, 1.82) is 0 Å². The van der Waals surface area contributed by atoms with Gasteiger partial charge in [0.15, 0.2) is 0 Å². The lowest BCUT2D eigenvalue weighted by Gasteiger charge is -2.47. The minimum atomic E-state index is -3.35. The Labute approximate surface area is 211 Å². The van der Waals surface area contributed by atoms with E-state index in [1.54, 1.807) is 40.7 Å². The van der Waals surface area contributed by atoms with Crippen molar-refractivity contribution in [1.82, 2.24) is 19.0 Å². The molecule has 7 nitrogen and oxygen atoms in total. The summed E-state index contributed by atoms with van der Waals surface area (Å²) < 4.78 is 47.7. The molecule has 2 atom stereocenters. The zero-order valence-electron chi connectivity index (χ0n) is 20.1. The number of piperidine rings is 1. The molecule has 0 radical (unpaired) electrons. The first kappa shape index (κ1) is 23.7. The van der Waals surface area contributed by atoms with Gasteiger partial charge >= 0.3 is 10.4 Å². The van der Waals surface area contributed by atoms with E-state index < -0.39 is 10.4 Å². The number of hydrogen-bond acceptors (Lipinski definition) is 4. The Kier molecular flexibility index (Phi) is 6.13. The van der Waals surface area contributed by atoms with Crippen LogP contribution in [0.3, 0.4) is 0 Å². The highest BCUT2D eigenvalue weighted by molar-refractivity contribution is 7.95. The van der Waals surface area contributed by atoms with Gasteiger partial charge in [-0.05, 0) is 65.1 Å². The van der Waals surface area contributed by atoms with Crippen LogP contribution in [0.1, 0.15) is 17.7 Å². The second-order valence-electron chi connectivity index (χ2n) is 9.88. The van der Waals surface area contributed by atoms with Crippen molar-refractivity contribution in [3.8, 4) is 5.69 Å². The van der Waals surface area contributed by atoms with Crippen LogP contribution in [0.4, 0.5) is 4.39 Å². The maximum absolute atomic E-state index is 13.7. The van der Waals surface area contributed by atoms with Crippen molar-refractivity contribution in [2.75, 3.05) is 45.9 Å². The molecule has 3 aliphatic rings. The SMILES string of the molecule is O=[S+](O)(c1ccccc1)N1CCC2=Cc3c(cnn3-c3ccc(F)cc3)C[C@]2(CN2CCOCC2)C1. The summed E-state index contributed by atoms with van der Waals surface area (Å²) in [5, 5.41) is 4.65. The van der Waals surface area contributed by atoms with Gasteiger partial charge in [0.2, 0.25) is 4.90 Å². The number of halogens is 1. The molecular formula is C27H30FN4O3S+. The molecule has 2 aromatic carbocycles. The van der Waals surface area contributed by atoms with Crippen LogP contribution in [0.2, 0.25) is 0 Å². The molecule has 1 unspecified atom stereocenters. The first-order chi connectivity index (χ1) is 17.4. The highest BCUT2D eigenvalue weighted by atomic mass is 32.3. The van der Waals surface area contributed by atoms with Gasteiger partial charge in [-0.25, -0.2) is 9.07 Å². The van der Waals surface area contributed by atoms with Crippen LogP contribution in [-0.4, -0.2) is 69.5 Å². The molecule has 1 aliphatic carbocycles. The fraction of sp³-hybridized carbons (Fsp3) is 0.370. The van der Waals surface area contributed by atoms with Crippen molar-refractivity contribution in [2.24, 2.45) is 5.41 Å². The molecule has 3 heterocycles. The summed E-state index contributed by atoms with van der Waals surface area (Å²) in [4.78, 5) is 2.86. The number of fused-ring (bicyclic) bond motifs is 2. The van der Waals surface area contributed by atoms with E-state index in [-0.39, 0.29) is 11.2 Å². The Morgan fingerprint density at radius 2 is 1.81 bits per heavy atom. The summed E-state index contributed by atoms with van der Waals surface area (Å²) in [5.41, 5.74) is 3.90. The maximum atomic E-state index is 13.7. The van der Waals surface area contributed by atoms with E-state index in [2.05, 4.69) is 16.1 Å². The van der Waals surface area contributed by atoms with Crippen LogP contribution in [0, 0.1) is 11.2 Å². The molecule has 3 aromatic rings. The van der Waals surface area contributed by atoms with E-state index in [1.807, 2.05) is 16.9 Å². The monoisotopic (exact) mass is 509 g/mol. The minimum absolute atomic E-state index is 0.277. The second-order valence-corrected chi connectivity index (χ2v) is 11.9. The van der Waals surface area contributed by atoms with Crippen LogP contribution >= 0.6 is 0 Å². The molecule has 0 amide bonds. The van der Waals surface area contributed by atoms with E-state index in [0.29, 0.717) is 37.6 Å². The van der Waals surface area contributed by atoms with Gasteiger partial charge < -0.3 is 4.74 Å². The summed E-state index contributed by atoms with van der Waals surface area (Å²) in [6.07, 6.45) is 5.53. The van der Waals surface area contributed by atoms with Crippen molar-refractivity contribution in [2.45, 2.75) is 17.7 Å². The molecule has 188 valence electrons. The van der Waals surface area contributed by atoms with Gasteiger partial charge in [-0.1, -0.05) is 28.1 Å². The fourth-order valence-electron chi connectivity index (χ4n) is 5.78. The van der Waals surface area contributed by atoms with Crippen molar-refractivity contribution >= 4 is 16.5 Å². The standard InChI is InChI=1S/C27H29FN4O3S/c28-23-6-8-24(9-7-23)32-26-16-22-10-11-31(36(33,34)25-4-2-1-3-5-25)20-27(22,17-21(26)18-29-32)19-30-12-14-35-15-13-30/h1-9,16,18H,10-15,17,19-20H2/p+1/t27-/m0/s1. The largest absolute Gasteiger partial charge is 0.379 e. The van der Waals surface area contributed by atoms with Crippen LogP contribution in [0.5, 0.6) is 0 Å². The Morgan fingerprint density at radius 3 is 2.56 bits per heavy atom. The molecular weight excluding hydrogens is 479 g/mol. The molecule has 1 aromatic heterocycles. The molecule has 0 spiro atoms. The van der Waals surface area contributed by atoms with E-state index in [9.17, 15) is 13.2 Å². The number of morpholine rings is 1. The Bertz CT molecular complexity index is 1320. The number of benzene rings is 2. The van der Waals surface area contributed by atoms with E-state index in [1.165, 1.54) is 17.7 Å².